The van der Waals surface area contributed by atoms with E-state index in [0.717, 1.165) is 48.5 Å². The summed E-state index contributed by atoms with van der Waals surface area (Å²) in [4.78, 5) is 16.0. The van der Waals surface area contributed by atoms with Crippen molar-refractivity contribution in [3.63, 3.8) is 0 Å². The number of pyridine rings is 1. The Kier molecular flexibility index (Phi) is 9.24. The monoisotopic (exact) mass is 527 g/mol. The Hall–Kier alpha value is -2.79. The lowest BCUT2D eigenvalue weighted by atomic mass is 9.88. The number of rotatable bonds is 9. The van der Waals surface area contributed by atoms with Crippen LogP contribution in [0.3, 0.4) is 0 Å². The van der Waals surface area contributed by atoms with Crippen LogP contribution in [-0.4, -0.2) is 26.7 Å². The molecule has 1 aliphatic rings. The first-order valence-corrected chi connectivity index (χ1v) is 12.7. The van der Waals surface area contributed by atoms with Crippen LogP contribution in [0.5, 0.6) is 0 Å². The zero-order valence-corrected chi connectivity index (χ0v) is 20.6. The van der Waals surface area contributed by atoms with Crippen molar-refractivity contribution in [3.8, 4) is 0 Å². The van der Waals surface area contributed by atoms with E-state index in [0.29, 0.717) is 5.56 Å². The first kappa shape index (κ1) is 27.8. The van der Waals surface area contributed by atoms with Crippen LogP contribution in [0.4, 0.5) is 23.2 Å². The number of halogens is 4. The number of hydrogen-bond donors (Lipinski definition) is 2. The molecule has 0 saturated heterocycles. The number of benzene rings is 1. The molecule has 196 valence electrons. The number of nitrogens with two attached hydrogens (primary N) is 1. The van der Waals surface area contributed by atoms with E-state index in [9.17, 15) is 31.1 Å². The number of carbonyl (C=O) groups excluding carboxylic acids is 1. The normalized spacial score (nSPS) is 16.7. The first-order valence-electron chi connectivity index (χ1n) is 11.7. The molecule has 3 rings (SSSR count). The predicted octanol–water partition coefficient (Wildman–Crippen LogP) is 5.61. The Bertz CT molecular complexity index is 1130. The van der Waals surface area contributed by atoms with Gasteiger partial charge in [0.1, 0.15) is 11.5 Å². The lowest BCUT2D eigenvalue weighted by molar-refractivity contribution is -0.141. The van der Waals surface area contributed by atoms with Gasteiger partial charge in [0.25, 0.3) is 11.3 Å². The van der Waals surface area contributed by atoms with E-state index in [2.05, 4.69) is 4.98 Å². The van der Waals surface area contributed by atoms with Crippen LogP contribution < -0.4 is 10.0 Å². The van der Waals surface area contributed by atoms with Crippen LogP contribution in [0.25, 0.3) is 6.08 Å². The van der Waals surface area contributed by atoms with E-state index >= 15 is 0 Å². The molecule has 1 fully saturated rings. The second-order valence-electron chi connectivity index (χ2n) is 8.93. The fourth-order valence-electron chi connectivity index (χ4n) is 4.42. The summed E-state index contributed by atoms with van der Waals surface area (Å²) in [5, 5.41) is 0. The molecular formula is C25H29F4N3O3S. The quantitative estimate of drug-likeness (QED) is 0.327. The van der Waals surface area contributed by atoms with Gasteiger partial charge in [-0.3, -0.25) is 13.7 Å². The topological polar surface area (TPSA) is 96.5 Å². The molecule has 11 heteroatoms. The van der Waals surface area contributed by atoms with E-state index in [1.165, 1.54) is 25.2 Å². The standard InChI is InChI=1S/C25H29F4N3O3S/c1-32(36(34)35)22-13-9-18(15-20(22)26)19(24(30)33)11-8-17-10-14-23(25(27,28)29)31-21(17)12-7-16-5-3-2-4-6-16/h7,9-10,12-16,19H,2-6,8,11H2,1H3,(H2,30,33)(H,34,35). The highest BCUT2D eigenvalue weighted by molar-refractivity contribution is 7.80. The summed E-state index contributed by atoms with van der Waals surface area (Å²) >= 11 is -2.43. The highest BCUT2D eigenvalue weighted by Crippen LogP contribution is 2.32. The van der Waals surface area contributed by atoms with Crippen molar-refractivity contribution in [2.75, 3.05) is 11.4 Å². The number of primary amides is 1. The Morgan fingerprint density at radius 3 is 2.53 bits per heavy atom. The molecule has 0 bridgehead atoms. The van der Waals surface area contributed by atoms with Crippen LogP contribution >= 0.6 is 0 Å². The van der Waals surface area contributed by atoms with Crippen molar-refractivity contribution >= 4 is 28.9 Å². The number of hydrogen-bond acceptors (Lipinski definition) is 3. The number of alkyl halides is 3. The van der Waals surface area contributed by atoms with E-state index in [1.54, 1.807) is 6.08 Å². The number of aryl methyl sites for hydroxylation is 1. The van der Waals surface area contributed by atoms with E-state index in [-0.39, 0.29) is 35.7 Å². The van der Waals surface area contributed by atoms with Crippen molar-refractivity contribution in [1.29, 1.82) is 0 Å². The molecule has 6 nitrogen and oxygen atoms in total. The molecule has 1 amide bonds. The van der Waals surface area contributed by atoms with Crippen molar-refractivity contribution in [2.45, 2.75) is 57.0 Å². The van der Waals surface area contributed by atoms with Gasteiger partial charge in [0.2, 0.25) is 5.91 Å². The third kappa shape index (κ3) is 7.13. The van der Waals surface area contributed by atoms with Gasteiger partial charge in [-0.05, 0) is 67.0 Å². The lowest BCUT2D eigenvalue weighted by Crippen LogP contribution is -2.23. The Morgan fingerprint density at radius 1 is 1.25 bits per heavy atom. The first-order chi connectivity index (χ1) is 17.0. The van der Waals surface area contributed by atoms with Gasteiger partial charge >= 0.3 is 6.18 Å². The van der Waals surface area contributed by atoms with Gasteiger partial charge in [0.15, 0.2) is 0 Å². The molecule has 0 spiro atoms. The minimum Gasteiger partial charge on any atom is -0.369 e. The molecule has 2 aromatic rings. The van der Waals surface area contributed by atoms with Crippen molar-refractivity contribution < 1.29 is 31.1 Å². The smallest absolute Gasteiger partial charge is 0.369 e. The van der Waals surface area contributed by atoms with Crippen molar-refractivity contribution in [1.82, 2.24) is 4.98 Å². The van der Waals surface area contributed by atoms with E-state index in [1.807, 2.05) is 6.08 Å². The molecule has 1 saturated carbocycles. The molecule has 2 atom stereocenters. The fraction of sp³-hybridized carbons (Fsp3) is 0.440. The number of anilines is 1. The van der Waals surface area contributed by atoms with Gasteiger partial charge in [-0.1, -0.05) is 37.5 Å². The summed E-state index contributed by atoms with van der Waals surface area (Å²) in [6.45, 7) is 0. The highest BCUT2D eigenvalue weighted by Gasteiger charge is 2.33. The zero-order chi connectivity index (χ0) is 26.5. The summed E-state index contributed by atoms with van der Waals surface area (Å²) in [5.41, 5.74) is 5.41. The number of amides is 1. The molecule has 1 aromatic carbocycles. The number of allylic oxidation sites excluding steroid dienone is 1. The predicted molar refractivity (Wildman–Crippen MR) is 131 cm³/mol. The molecule has 36 heavy (non-hydrogen) atoms. The molecule has 3 N–H and O–H groups in total. The van der Waals surface area contributed by atoms with Gasteiger partial charge in [0.05, 0.1) is 17.3 Å². The Labute approximate surface area is 210 Å². The van der Waals surface area contributed by atoms with E-state index in [4.69, 9.17) is 5.73 Å². The number of aromatic nitrogens is 1. The van der Waals surface area contributed by atoms with Gasteiger partial charge in [-0.2, -0.15) is 13.2 Å². The minimum atomic E-state index is -4.59. The van der Waals surface area contributed by atoms with Gasteiger partial charge in [-0.25, -0.2) is 13.6 Å². The van der Waals surface area contributed by atoms with E-state index < -0.39 is 40.8 Å². The third-order valence-electron chi connectivity index (χ3n) is 6.47. The molecule has 2 unspecified atom stereocenters. The van der Waals surface area contributed by atoms with Crippen LogP contribution in [0.15, 0.2) is 36.4 Å². The lowest BCUT2D eigenvalue weighted by Gasteiger charge is -2.19. The summed E-state index contributed by atoms with van der Waals surface area (Å²) in [6, 6.07) is 6.04. The number of carbonyl (C=O) groups is 1. The summed E-state index contributed by atoms with van der Waals surface area (Å²) in [6.07, 6.45) is 4.53. The van der Waals surface area contributed by atoms with Gasteiger partial charge in [0, 0.05) is 7.05 Å². The van der Waals surface area contributed by atoms with Gasteiger partial charge in [-0.15, -0.1) is 0 Å². The van der Waals surface area contributed by atoms with Crippen LogP contribution in [0, 0.1) is 11.7 Å². The zero-order valence-electron chi connectivity index (χ0n) is 19.8. The maximum Gasteiger partial charge on any atom is 0.433 e. The SMILES string of the molecule is CN(c1ccc(C(CCc2ccc(C(F)(F)F)nc2C=CC2CCCCC2)C(N)=O)cc1F)S(=O)O. The molecule has 0 radical (unpaired) electrons. The second-order valence-corrected chi connectivity index (χ2v) is 9.94. The molecule has 0 aliphatic heterocycles. The van der Waals surface area contributed by atoms with Crippen LogP contribution in [0.2, 0.25) is 0 Å². The highest BCUT2D eigenvalue weighted by atomic mass is 32.2. The minimum absolute atomic E-state index is 0.118. The average molecular weight is 528 g/mol. The van der Waals surface area contributed by atoms with Crippen molar-refractivity contribution in [3.05, 3.63) is 64.7 Å². The Balaban J connectivity index is 1.85. The average Bonchev–Trinajstić information content (AvgIpc) is 2.82. The third-order valence-corrected chi connectivity index (χ3v) is 7.14. The largest absolute Gasteiger partial charge is 0.433 e. The summed E-state index contributed by atoms with van der Waals surface area (Å²) < 4.78 is 75.7. The summed E-state index contributed by atoms with van der Waals surface area (Å²) in [7, 11) is 1.24. The maximum atomic E-state index is 14.6. The number of nitrogens with zero attached hydrogens (tertiary/aromatic N) is 2. The molecule has 1 aromatic heterocycles. The van der Waals surface area contributed by atoms with Gasteiger partial charge < -0.3 is 5.73 Å². The maximum absolute atomic E-state index is 14.6. The Morgan fingerprint density at radius 2 is 1.94 bits per heavy atom. The summed E-state index contributed by atoms with van der Waals surface area (Å²) in [5.74, 6) is -2.17. The second kappa shape index (κ2) is 12.0. The van der Waals surface area contributed by atoms with Crippen LogP contribution in [0.1, 0.15) is 67.0 Å². The molecular weight excluding hydrogens is 498 g/mol. The molecule has 1 aliphatic carbocycles. The fourth-order valence-corrected chi connectivity index (χ4v) is 4.74. The molecule has 1 heterocycles. The van der Waals surface area contributed by atoms with Crippen LogP contribution in [-0.2, 0) is 28.7 Å². The van der Waals surface area contributed by atoms with Crippen molar-refractivity contribution in [2.24, 2.45) is 11.7 Å².